The van der Waals surface area contributed by atoms with Crippen LogP contribution in [0.3, 0.4) is 0 Å². The first-order valence-corrected chi connectivity index (χ1v) is 10.5. The molecule has 0 radical (unpaired) electrons. The summed E-state index contributed by atoms with van der Waals surface area (Å²) in [6.07, 6.45) is 3.22. The first-order chi connectivity index (χ1) is 13.7. The highest BCUT2D eigenvalue weighted by molar-refractivity contribution is 7.80. The van der Waals surface area contributed by atoms with E-state index in [4.69, 9.17) is 12.2 Å². The minimum atomic E-state index is -0.153. The van der Waals surface area contributed by atoms with Gasteiger partial charge in [-0.2, -0.15) is 0 Å². The number of hydrogen-bond donors (Lipinski definition) is 2. The highest BCUT2D eigenvalue weighted by Crippen LogP contribution is 2.30. The Morgan fingerprint density at radius 1 is 1.11 bits per heavy atom. The van der Waals surface area contributed by atoms with Crippen LogP contribution in [0.2, 0.25) is 0 Å². The van der Waals surface area contributed by atoms with Crippen molar-refractivity contribution >= 4 is 50.5 Å². The molecule has 0 aliphatic heterocycles. The van der Waals surface area contributed by atoms with Crippen molar-refractivity contribution in [3.63, 3.8) is 0 Å². The quantitative estimate of drug-likeness (QED) is 0.308. The number of benzene rings is 2. The molecule has 0 aliphatic carbocycles. The number of thiazole rings is 1. The first-order valence-electron chi connectivity index (χ1n) is 9.23. The van der Waals surface area contributed by atoms with Crippen LogP contribution in [0.5, 0.6) is 0 Å². The van der Waals surface area contributed by atoms with Gasteiger partial charge in [-0.15, -0.1) is 11.3 Å². The number of fused-ring (bicyclic) bond motifs is 1. The summed E-state index contributed by atoms with van der Waals surface area (Å²) in [6, 6.07) is 16.3. The Bertz CT molecular complexity index is 905. The van der Waals surface area contributed by atoms with Gasteiger partial charge in [-0.05, 0) is 61.5 Å². The molecule has 2 aromatic carbocycles. The monoisotopic (exact) mass is 413 g/mol. The van der Waals surface area contributed by atoms with Gasteiger partial charge in [0.25, 0.3) is 0 Å². The molecule has 0 saturated heterocycles. The van der Waals surface area contributed by atoms with Crippen molar-refractivity contribution in [3.05, 3.63) is 48.5 Å². The number of carbonyl (C=O) groups is 1. The molecule has 3 aromatic rings. The van der Waals surface area contributed by atoms with E-state index in [-0.39, 0.29) is 5.97 Å². The van der Waals surface area contributed by atoms with Gasteiger partial charge in [-0.1, -0.05) is 18.6 Å². The van der Waals surface area contributed by atoms with Crippen LogP contribution >= 0.6 is 23.6 Å². The zero-order valence-corrected chi connectivity index (χ0v) is 17.4. The first kappa shape index (κ1) is 20.2. The maximum absolute atomic E-state index is 11.0. The molecule has 2 N–H and O–H groups in total. The molecule has 0 spiro atoms. The van der Waals surface area contributed by atoms with E-state index >= 15 is 0 Å². The average Bonchev–Trinajstić information content (AvgIpc) is 3.15. The summed E-state index contributed by atoms with van der Waals surface area (Å²) >= 11 is 7.03. The molecule has 1 heterocycles. The van der Waals surface area contributed by atoms with Gasteiger partial charge in [-0.25, -0.2) is 4.98 Å². The second-order valence-corrected chi connectivity index (χ2v) is 7.77. The second-order valence-electron chi connectivity index (χ2n) is 6.33. The molecule has 0 unspecified atom stereocenters. The van der Waals surface area contributed by atoms with Crippen LogP contribution in [0.25, 0.3) is 20.8 Å². The summed E-state index contributed by atoms with van der Waals surface area (Å²) in [7, 11) is 1.42. The standard InChI is InChI=1S/C21H23N3O2S2/c1-26-19(25)9-3-2-6-14-22-21(27)23-16-12-10-15(11-13-16)20-24-17-7-4-5-8-18(17)28-20/h4-5,7-8,10-13H,2-3,6,9,14H2,1H3,(H2,22,23,27). The number of thiocarbonyl (C=S) groups is 1. The lowest BCUT2D eigenvalue weighted by Gasteiger charge is -2.10. The third-order valence-electron chi connectivity index (χ3n) is 4.25. The number of para-hydroxylation sites is 1. The van der Waals surface area contributed by atoms with Crippen LogP contribution in [0, 0.1) is 0 Å². The zero-order valence-electron chi connectivity index (χ0n) is 15.7. The third-order valence-corrected chi connectivity index (χ3v) is 5.59. The number of unbranched alkanes of at least 4 members (excludes halogenated alkanes) is 2. The van der Waals surface area contributed by atoms with Crippen molar-refractivity contribution in [2.45, 2.75) is 25.7 Å². The summed E-state index contributed by atoms with van der Waals surface area (Å²) in [6.45, 7) is 0.775. The summed E-state index contributed by atoms with van der Waals surface area (Å²) in [4.78, 5) is 15.7. The summed E-state index contributed by atoms with van der Waals surface area (Å²) in [5.41, 5.74) is 3.06. The zero-order chi connectivity index (χ0) is 19.8. The third kappa shape index (κ3) is 5.74. The van der Waals surface area contributed by atoms with Crippen LogP contribution in [-0.4, -0.2) is 29.7 Å². The van der Waals surface area contributed by atoms with Gasteiger partial charge >= 0.3 is 5.97 Å². The molecule has 0 bridgehead atoms. The molecule has 146 valence electrons. The molecule has 3 rings (SSSR count). The van der Waals surface area contributed by atoms with Crippen LogP contribution in [0.4, 0.5) is 5.69 Å². The van der Waals surface area contributed by atoms with Crippen LogP contribution in [0.15, 0.2) is 48.5 Å². The molecular weight excluding hydrogens is 390 g/mol. The van der Waals surface area contributed by atoms with Crippen molar-refractivity contribution in [2.24, 2.45) is 0 Å². The highest BCUT2D eigenvalue weighted by atomic mass is 32.1. The molecule has 5 nitrogen and oxygen atoms in total. The number of methoxy groups -OCH3 is 1. The molecule has 0 atom stereocenters. The van der Waals surface area contributed by atoms with Gasteiger partial charge in [0.15, 0.2) is 5.11 Å². The fourth-order valence-electron chi connectivity index (χ4n) is 2.74. The van der Waals surface area contributed by atoms with Crippen molar-refractivity contribution in [3.8, 4) is 10.6 Å². The van der Waals surface area contributed by atoms with Crippen molar-refractivity contribution in [2.75, 3.05) is 19.0 Å². The van der Waals surface area contributed by atoms with E-state index in [1.807, 2.05) is 30.3 Å². The Kier molecular flexibility index (Phi) is 7.33. The van der Waals surface area contributed by atoms with E-state index in [0.29, 0.717) is 11.5 Å². The number of carbonyl (C=O) groups excluding carboxylic acids is 1. The fourth-order valence-corrected chi connectivity index (χ4v) is 3.93. The van der Waals surface area contributed by atoms with Gasteiger partial charge < -0.3 is 15.4 Å². The smallest absolute Gasteiger partial charge is 0.305 e. The SMILES string of the molecule is COC(=O)CCCCCNC(=S)Nc1ccc(-c2nc3ccccc3s2)cc1. The van der Waals surface area contributed by atoms with E-state index in [2.05, 4.69) is 38.6 Å². The fraction of sp³-hybridized carbons (Fsp3) is 0.286. The summed E-state index contributed by atoms with van der Waals surface area (Å²) < 4.78 is 5.82. The minimum absolute atomic E-state index is 0.153. The maximum Gasteiger partial charge on any atom is 0.305 e. The second kappa shape index (κ2) is 10.1. The molecule has 0 fully saturated rings. The molecule has 28 heavy (non-hydrogen) atoms. The maximum atomic E-state index is 11.0. The van der Waals surface area contributed by atoms with Gasteiger partial charge in [0.1, 0.15) is 5.01 Å². The molecule has 0 amide bonds. The largest absolute Gasteiger partial charge is 0.469 e. The number of nitrogens with one attached hydrogen (secondary N) is 2. The van der Waals surface area contributed by atoms with E-state index in [9.17, 15) is 4.79 Å². The van der Waals surface area contributed by atoms with E-state index in [0.717, 1.165) is 47.6 Å². The molecule has 7 heteroatoms. The van der Waals surface area contributed by atoms with Gasteiger partial charge in [0.05, 0.1) is 17.3 Å². The minimum Gasteiger partial charge on any atom is -0.469 e. The number of hydrogen-bond acceptors (Lipinski definition) is 5. The predicted molar refractivity (Wildman–Crippen MR) is 120 cm³/mol. The number of rotatable bonds is 8. The van der Waals surface area contributed by atoms with Crippen LogP contribution < -0.4 is 10.6 Å². The van der Waals surface area contributed by atoms with Crippen molar-refractivity contribution < 1.29 is 9.53 Å². The summed E-state index contributed by atoms with van der Waals surface area (Å²) in [5.74, 6) is -0.153. The topological polar surface area (TPSA) is 63.2 Å². The van der Waals surface area contributed by atoms with Crippen molar-refractivity contribution in [1.29, 1.82) is 0 Å². The lowest BCUT2D eigenvalue weighted by molar-refractivity contribution is -0.140. The number of anilines is 1. The molecular formula is C21H23N3O2S2. The van der Waals surface area contributed by atoms with E-state index in [1.165, 1.54) is 11.8 Å². The Labute approximate surface area is 174 Å². The molecule has 0 aliphatic rings. The van der Waals surface area contributed by atoms with Crippen LogP contribution in [-0.2, 0) is 9.53 Å². The highest BCUT2D eigenvalue weighted by Gasteiger charge is 2.06. The average molecular weight is 414 g/mol. The van der Waals surface area contributed by atoms with E-state index < -0.39 is 0 Å². The van der Waals surface area contributed by atoms with Crippen LogP contribution in [0.1, 0.15) is 25.7 Å². The summed E-state index contributed by atoms with van der Waals surface area (Å²) in [5, 5.41) is 8.00. The molecule has 1 aromatic heterocycles. The lowest BCUT2D eigenvalue weighted by Crippen LogP contribution is -2.29. The predicted octanol–water partition coefficient (Wildman–Crippen LogP) is 4.98. The van der Waals surface area contributed by atoms with E-state index in [1.54, 1.807) is 11.3 Å². The number of aromatic nitrogens is 1. The molecule has 0 saturated carbocycles. The van der Waals surface area contributed by atoms with Gasteiger partial charge in [0, 0.05) is 24.2 Å². The van der Waals surface area contributed by atoms with Gasteiger partial charge in [0.2, 0.25) is 0 Å². The number of esters is 1. The number of ether oxygens (including phenoxy) is 1. The lowest BCUT2D eigenvalue weighted by atomic mass is 10.2. The Hall–Kier alpha value is -2.51. The Balaban J connectivity index is 1.43. The van der Waals surface area contributed by atoms with Crippen molar-refractivity contribution in [1.82, 2.24) is 10.3 Å². The Morgan fingerprint density at radius 3 is 2.64 bits per heavy atom. The van der Waals surface area contributed by atoms with Gasteiger partial charge in [-0.3, -0.25) is 4.79 Å². The number of nitrogens with zero attached hydrogens (tertiary/aromatic N) is 1. The Morgan fingerprint density at radius 2 is 1.89 bits per heavy atom. The normalized spacial score (nSPS) is 10.6.